The first-order valence-electron chi connectivity index (χ1n) is 11.6. The Morgan fingerprint density at radius 2 is 1.41 bits per heavy atom. The molecule has 2 aliphatic rings. The zero-order valence-electron chi connectivity index (χ0n) is 18.8. The summed E-state index contributed by atoms with van der Waals surface area (Å²) in [6.45, 7) is 2.95. The van der Waals surface area contributed by atoms with E-state index < -0.39 is 11.7 Å². The average molecular weight is 467 g/mol. The number of alkyl halides is 3. The monoisotopic (exact) mass is 466 g/mol. The number of carbonyl (C=O) groups is 1. The van der Waals surface area contributed by atoms with Crippen LogP contribution in [0, 0.1) is 0 Å². The molecule has 34 heavy (non-hydrogen) atoms. The number of para-hydroxylation sites is 2. The number of aryl methyl sites for hydroxylation is 2. The minimum atomic E-state index is -4.35. The number of hydrogen-bond acceptors (Lipinski definition) is 2. The van der Waals surface area contributed by atoms with E-state index in [4.69, 9.17) is 0 Å². The highest BCUT2D eigenvalue weighted by molar-refractivity contribution is 6.02. The Labute approximate surface area is 197 Å². The Morgan fingerprint density at radius 1 is 0.824 bits per heavy atom. The van der Waals surface area contributed by atoms with Gasteiger partial charge in [0.25, 0.3) is 5.91 Å². The van der Waals surface area contributed by atoms with Crippen molar-refractivity contribution in [3.8, 4) is 0 Å². The van der Waals surface area contributed by atoms with Crippen molar-refractivity contribution in [2.45, 2.75) is 19.0 Å². The number of quaternary nitrogens is 1. The summed E-state index contributed by atoms with van der Waals surface area (Å²) in [6, 6.07) is 21.6. The molecular weight excluding hydrogens is 439 g/mol. The second-order valence-electron chi connectivity index (χ2n) is 8.95. The van der Waals surface area contributed by atoms with Crippen LogP contribution in [-0.2, 0) is 23.8 Å². The topological polar surface area (TPSA) is 28.0 Å². The normalized spacial score (nSPS) is 16.6. The van der Waals surface area contributed by atoms with E-state index in [-0.39, 0.29) is 5.91 Å². The number of piperazine rings is 1. The standard InChI is InChI=1S/C27H26F3N3O/c28-27(29,30)22-8-5-9-23(18-22)32-16-14-31(15-17-32)19-26(34)33-24-10-3-1-6-20(24)12-13-21-7-2-4-11-25(21)33/h1-11,18H,12-17,19H2/p+1. The van der Waals surface area contributed by atoms with E-state index in [1.165, 1.54) is 12.1 Å². The van der Waals surface area contributed by atoms with Crippen LogP contribution in [0.4, 0.5) is 30.2 Å². The molecule has 0 atom stereocenters. The summed E-state index contributed by atoms with van der Waals surface area (Å²) < 4.78 is 39.3. The lowest BCUT2D eigenvalue weighted by molar-refractivity contribution is -0.892. The fraction of sp³-hybridized carbons (Fsp3) is 0.296. The third kappa shape index (κ3) is 4.53. The molecule has 5 rings (SSSR count). The van der Waals surface area contributed by atoms with Crippen molar-refractivity contribution in [3.63, 3.8) is 0 Å². The van der Waals surface area contributed by atoms with E-state index >= 15 is 0 Å². The predicted octanol–water partition coefficient (Wildman–Crippen LogP) is 3.87. The maximum atomic E-state index is 13.6. The van der Waals surface area contributed by atoms with Crippen LogP contribution in [0.5, 0.6) is 0 Å². The molecule has 0 spiro atoms. The van der Waals surface area contributed by atoms with Gasteiger partial charge in [0, 0.05) is 5.69 Å². The summed E-state index contributed by atoms with van der Waals surface area (Å²) in [5.41, 5.74) is 4.16. The summed E-state index contributed by atoms with van der Waals surface area (Å²) >= 11 is 0. The van der Waals surface area contributed by atoms with Crippen LogP contribution in [0.15, 0.2) is 72.8 Å². The van der Waals surface area contributed by atoms with Crippen molar-refractivity contribution < 1.29 is 22.9 Å². The first-order valence-corrected chi connectivity index (χ1v) is 11.6. The number of rotatable bonds is 3. The van der Waals surface area contributed by atoms with Gasteiger partial charge < -0.3 is 9.80 Å². The van der Waals surface area contributed by atoms with E-state index in [0.717, 1.165) is 46.3 Å². The first kappa shape index (κ1) is 22.5. The van der Waals surface area contributed by atoms with Crippen LogP contribution in [0.3, 0.4) is 0 Å². The third-order valence-corrected chi connectivity index (χ3v) is 6.79. The molecule has 1 fully saturated rings. The van der Waals surface area contributed by atoms with Crippen molar-refractivity contribution in [3.05, 3.63) is 89.5 Å². The lowest BCUT2D eigenvalue weighted by Crippen LogP contribution is -3.15. The summed E-state index contributed by atoms with van der Waals surface area (Å²) in [5.74, 6) is 0.0457. The number of nitrogens with zero attached hydrogens (tertiary/aromatic N) is 2. The van der Waals surface area contributed by atoms with Crippen LogP contribution in [0.25, 0.3) is 0 Å². The molecule has 176 valence electrons. The van der Waals surface area contributed by atoms with Crippen LogP contribution in [0.2, 0.25) is 0 Å². The molecule has 0 saturated carbocycles. The largest absolute Gasteiger partial charge is 0.416 e. The average Bonchev–Trinajstić information content (AvgIpc) is 3.01. The smallest absolute Gasteiger partial charge is 0.360 e. The van der Waals surface area contributed by atoms with E-state index in [2.05, 4.69) is 12.1 Å². The fourth-order valence-corrected chi connectivity index (χ4v) is 4.98. The van der Waals surface area contributed by atoms with Gasteiger partial charge in [0.2, 0.25) is 0 Å². The van der Waals surface area contributed by atoms with Gasteiger partial charge in [-0.15, -0.1) is 0 Å². The zero-order valence-corrected chi connectivity index (χ0v) is 18.8. The van der Waals surface area contributed by atoms with Crippen molar-refractivity contribution in [2.24, 2.45) is 0 Å². The molecule has 1 amide bonds. The molecule has 0 aliphatic carbocycles. The molecular formula is C27H27F3N3O+. The molecule has 1 N–H and O–H groups in total. The molecule has 0 bridgehead atoms. The lowest BCUT2D eigenvalue weighted by atomic mass is 10.0. The Balaban J connectivity index is 1.30. The van der Waals surface area contributed by atoms with Gasteiger partial charge in [-0.05, 0) is 54.3 Å². The highest BCUT2D eigenvalue weighted by atomic mass is 19.4. The van der Waals surface area contributed by atoms with Crippen LogP contribution in [0.1, 0.15) is 16.7 Å². The maximum Gasteiger partial charge on any atom is 0.416 e. The minimum Gasteiger partial charge on any atom is -0.360 e. The van der Waals surface area contributed by atoms with E-state index in [1.807, 2.05) is 46.2 Å². The summed E-state index contributed by atoms with van der Waals surface area (Å²) in [5, 5.41) is 0. The molecule has 4 nitrogen and oxygen atoms in total. The van der Waals surface area contributed by atoms with Crippen LogP contribution < -0.4 is 14.7 Å². The minimum absolute atomic E-state index is 0.0457. The Morgan fingerprint density at radius 3 is 2.00 bits per heavy atom. The van der Waals surface area contributed by atoms with Crippen molar-refractivity contribution in [1.82, 2.24) is 0 Å². The molecule has 1 saturated heterocycles. The van der Waals surface area contributed by atoms with Crippen LogP contribution in [-0.4, -0.2) is 38.6 Å². The third-order valence-electron chi connectivity index (χ3n) is 6.79. The number of benzene rings is 3. The second-order valence-corrected chi connectivity index (χ2v) is 8.95. The van der Waals surface area contributed by atoms with Crippen molar-refractivity contribution >= 4 is 23.0 Å². The predicted molar refractivity (Wildman–Crippen MR) is 127 cm³/mol. The molecule has 0 unspecified atom stereocenters. The van der Waals surface area contributed by atoms with Gasteiger partial charge in [-0.2, -0.15) is 13.2 Å². The van der Waals surface area contributed by atoms with Gasteiger partial charge in [0.05, 0.1) is 43.1 Å². The highest BCUT2D eigenvalue weighted by Crippen LogP contribution is 2.36. The molecule has 2 aliphatic heterocycles. The number of amides is 1. The SMILES string of the molecule is O=C(C[NH+]1CCN(c2cccc(C(F)(F)F)c2)CC1)N1c2ccccc2CCc2ccccc21. The van der Waals surface area contributed by atoms with Gasteiger partial charge in [-0.3, -0.25) is 9.69 Å². The summed E-state index contributed by atoms with van der Waals surface area (Å²) in [7, 11) is 0. The second kappa shape index (κ2) is 9.14. The number of fused-ring (bicyclic) bond motifs is 2. The van der Waals surface area contributed by atoms with E-state index in [1.54, 1.807) is 6.07 Å². The maximum absolute atomic E-state index is 13.6. The molecule has 3 aromatic carbocycles. The van der Waals surface area contributed by atoms with Gasteiger partial charge in [-0.1, -0.05) is 42.5 Å². The van der Waals surface area contributed by atoms with E-state index in [9.17, 15) is 18.0 Å². The zero-order chi connectivity index (χ0) is 23.7. The molecule has 3 aromatic rings. The first-order chi connectivity index (χ1) is 16.4. The number of anilines is 3. The quantitative estimate of drug-likeness (QED) is 0.635. The lowest BCUT2D eigenvalue weighted by Gasteiger charge is -2.34. The summed E-state index contributed by atoms with van der Waals surface area (Å²) in [6.07, 6.45) is -2.58. The Kier molecular flexibility index (Phi) is 6.04. The van der Waals surface area contributed by atoms with Gasteiger partial charge in [0.15, 0.2) is 6.54 Å². The fourth-order valence-electron chi connectivity index (χ4n) is 4.98. The Hall–Kier alpha value is -3.32. The summed E-state index contributed by atoms with van der Waals surface area (Å²) in [4.78, 5) is 18.6. The number of nitrogens with one attached hydrogen (secondary N) is 1. The van der Waals surface area contributed by atoms with Gasteiger partial charge in [-0.25, -0.2) is 0 Å². The molecule has 0 radical (unpaired) electrons. The van der Waals surface area contributed by atoms with E-state index in [0.29, 0.717) is 38.4 Å². The molecule has 2 heterocycles. The molecule has 7 heteroatoms. The van der Waals surface area contributed by atoms with Gasteiger partial charge in [0.1, 0.15) is 0 Å². The number of halogens is 3. The highest BCUT2D eigenvalue weighted by Gasteiger charge is 2.32. The Bertz CT molecular complexity index is 1140. The van der Waals surface area contributed by atoms with Crippen molar-refractivity contribution in [2.75, 3.05) is 42.5 Å². The van der Waals surface area contributed by atoms with Gasteiger partial charge >= 0.3 is 6.18 Å². The molecule has 0 aromatic heterocycles. The van der Waals surface area contributed by atoms with Crippen molar-refractivity contribution in [1.29, 1.82) is 0 Å². The number of carbonyl (C=O) groups excluding carboxylic acids is 1. The number of hydrogen-bond donors (Lipinski definition) is 1. The van der Waals surface area contributed by atoms with Crippen LogP contribution >= 0.6 is 0 Å².